The molecular weight excluding hydrogens is 382 g/mol. The fourth-order valence-electron chi connectivity index (χ4n) is 5.38. The number of fused-ring (bicyclic) bond motifs is 2. The highest BCUT2D eigenvalue weighted by Gasteiger charge is 2.24. The van der Waals surface area contributed by atoms with E-state index in [1.54, 1.807) is 0 Å². The molecule has 31 heavy (non-hydrogen) atoms. The number of aromatic nitrogens is 1. The summed E-state index contributed by atoms with van der Waals surface area (Å²) in [5, 5.41) is 4.35. The maximum Gasteiger partial charge on any atom is 0.267 e. The van der Waals surface area contributed by atoms with Crippen molar-refractivity contribution in [1.29, 1.82) is 0 Å². The van der Waals surface area contributed by atoms with Crippen LogP contribution in [0.1, 0.15) is 60.1 Å². The molecule has 162 valence electrons. The van der Waals surface area contributed by atoms with E-state index in [0.717, 1.165) is 36.2 Å². The molecule has 1 aliphatic heterocycles. The van der Waals surface area contributed by atoms with E-state index in [1.807, 2.05) is 30.3 Å². The van der Waals surface area contributed by atoms with Gasteiger partial charge in [0, 0.05) is 23.5 Å². The van der Waals surface area contributed by atoms with E-state index in [4.69, 9.17) is 0 Å². The molecule has 2 N–H and O–H groups in total. The van der Waals surface area contributed by atoms with Gasteiger partial charge < -0.3 is 10.3 Å². The average Bonchev–Trinajstić information content (AvgIpc) is 3.13. The van der Waals surface area contributed by atoms with E-state index in [2.05, 4.69) is 39.5 Å². The number of carbonyl (C=O) groups excluding carboxylic acids is 1. The Bertz CT molecular complexity index is 999. The number of amides is 1. The molecule has 2 aromatic carbocycles. The topological polar surface area (TPSA) is 48.1 Å². The smallest absolute Gasteiger partial charge is 0.267 e. The number of benzene rings is 2. The van der Waals surface area contributed by atoms with Crippen LogP contribution in [0, 0.1) is 5.92 Å². The van der Waals surface area contributed by atoms with Crippen LogP contribution in [0.2, 0.25) is 0 Å². The molecule has 1 fully saturated rings. The summed E-state index contributed by atoms with van der Waals surface area (Å²) >= 11 is 0. The molecule has 4 heteroatoms. The van der Waals surface area contributed by atoms with Gasteiger partial charge in [0.2, 0.25) is 0 Å². The SMILES string of the molecule is O=C(NC1CCC(CCN2CCCc3ccccc3C2)CC1)c1cc2ccccc2[nH]1. The molecule has 2 aliphatic rings. The number of aromatic amines is 1. The zero-order valence-electron chi connectivity index (χ0n) is 18.3. The Labute approximate surface area is 185 Å². The standard InChI is InChI=1S/C27H33N3O/c31-27(26-18-22-7-3-4-10-25(22)29-26)28-24-13-11-20(12-14-24)15-17-30-16-5-9-21-6-1-2-8-23(21)19-30/h1-4,6-8,10,18,20,24,29H,5,9,11-17,19H2,(H,28,31). The Balaban J connectivity index is 1.08. The molecule has 5 rings (SSSR count). The first-order chi connectivity index (χ1) is 15.2. The first-order valence-corrected chi connectivity index (χ1v) is 11.9. The van der Waals surface area contributed by atoms with E-state index in [-0.39, 0.29) is 5.91 Å². The van der Waals surface area contributed by atoms with Gasteiger partial charge in [0.05, 0.1) is 0 Å². The van der Waals surface area contributed by atoms with Gasteiger partial charge in [-0.3, -0.25) is 9.69 Å². The summed E-state index contributed by atoms with van der Waals surface area (Å²) < 4.78 is 0. The average molecular weight is 416 g/mol. The minimum atomic E-state index is 0.0304. The van der Waals surface area contributed by atoms with Crippen molar-refractivity contribution in [3.63, 3.8) is 0 Å². The third-order valence-corrected chi connectivity index (χ3v) is 7.24. The number of nitrogens with zero attached hydrogens (tertiary/aromatic N) is 1. The zero-order valence-corrected chi connectivity index (χ0v) is 18.3. The number of para-hydroxylation sites is 1. The van der Waals surface area contributed by atoms with Crippen molar-refractivity contribution in [2.75, 3.05) is 13.1 Å². The normalized spacial score (nSPS) is 22.1. The maximum absolute atomic E-state index is 12.7. The number of carbonyl (C=O) groups is 1. The van der Waals surface area contributed by atoms with Crippen molar-refractivity contribution in [2.24, 2.45) is 5.92 Å². The van der Waals surface area contributed by atoms with Crippen molar-refractivity contribution >= 4 is 16.8 Å². The van der Waals surface area contributed by atoms with Gasteiger partial charge in [-0.25, -0.2) is 0 Å². The summed E-state index contributed by atoms with van der Waals surface area (Å²) in [6, 6.07) is 19.2. The Hall–Kier alpha value is -2.59. The third kappa shape index (κ3) is 4.85. The molecule has 0 unspecified atom stereocenters. The lowest BCUT2D eigenvalue weighted by Crippen LogP contribution is -2.38. The number of rotatable bonds is 5. The van der Waals surface area contributed by atoms with Crippen LogP contribution in [0.25, 0.3) is 10.9 Å². The van der Waals surface area contributed by atoms with Gasteiger partial charge in [0.15, 0.2) is 0 Å². The van der Waals surface area contributed by atoms with Gasteiger partial charge in [-0.1, -0.05) is 42.5 Å². The van der Waals surface area contributed by atoms with Crippen molar-refractivity contribution in [2.45, 2.75) is 57.5 Å². The zero-order chi connectivity index (χ0) is 21.0. The molecule has 2 heterocycles. The summed E-state index contributed by atoms with van der Waals surface area (Å²) in [6.45, 7) is 3.52. The van der Waals surface area contributed by atoms with E-state index < -0.39 is 0 Å². The van der Waals surface area contributed by atoms with Gasteiger partial charge in [-0.15, -0.1) is 0 Å². The summed E-state index contributed by atoms with van der Waals surface area (Å²) in [7, 11) is 0. The van der Waals surface area contributed by atoms with Crippen LogP contribution in [0.15, 0.2) is 54.6 Å². The lowest BCUT2D eigenvalue weighted by molar-refractivity contribution is 0.0915. The Morgan fingerprint density at radius 3 is 2.61 bits per heavy atom. The molecule has 1 aliphatic carbocycles. The summed E-state index contributed by atoms with van der Waals surface area (Å²) in [6.07, 6.45) is 8.41. The van der Waals surface area contributed by atoms with Crippen LogP contribution in [-0.2, 0) is 13.0 Å². The number of hydrogen-bond acceptors (Lipinski definition) is 2. The monoisotopic (exact) mass is 415 g/mol. The van der Waals surface area contributed by atoms with Crippen LogP contribution < -0.4 is 5.32 Å². The van der Waals surface area contributed by atoms with Crippen LogP contribution >= 0.6 is 0 Å². The van der Waals surface area contributed by atoms with Crippen LogP contribution in [0.3, 0.4) is 0 Å². The van der Waals surface area contributed by atoms with Crippen LogP contribution in [-0.4, -0.2) is 34.9 Å². The van der Waals surface area contributed by atoms with Gasteiger partial charge in [-0.2, -0.15) is 0 Å². The van der Waals surface area contributed by atoms with Crippen molar-refractivity contribution in [1.82, 2.24) is 15.2 Å². The Morgan fingerprint density at radius 1 is 1.00 bits per heavy atom. The summed E-state index contributed by atoms with van der Waals surface area (Å²) in [4.78, 5) is 18.6. The molecule has 1 aromatic heterocycles. The lowest BCUT2D eigenvalue weighted by atomic mass is 9.84. The molecular formula is C27H33N3O. The van der Waals surface area contributed by atoms with Gasteiger partial charge >= 0.3 is 0 Å². The molecule has 0 bridgehead atoms. The largest absolute Gasteiger partial charge is 0.351 e. The Morgan fingerprint density at radius 2 is 1.77 bits per heavy atom. The molecule has 0 saturated heterocycles. The maximum atomic E-state index is 12.7. The molecule has 0 spiro atoms. The van der Waals surface area contributed by atoms with Crippen molar-refractivity contribution in [3.05, 3.63) is 71.4 Å². The lowest BCUT2D eigenvalue weighted by Gasteiger charge is -2.30. The van der Waals surface area contributed by atoms with Gasteiger partial charge in [0.1, 0.15) is 5.69 Å². The Kier molecular flexibility index (Phi) is 6.08. The van der Waals surface area contributed by atoms with Crippen LogP contribution in [0.4, 0.5) is 0 Å². The predicted molar refractivity (Wildman–Crippen MR) is 126 cm³/mol. The van der Waals surface area contributed by atoms with E-state index in [9.17, 15) is 4.79 Å². The van der Waals surface area contributed by atoms with Crippen LogP contribution in [0.5, 0.6) is 0 Å². The highest BCUT2D eigenvalue weighted by Crippen LogP contribution is 2.28. The van der Waals surface area contributed by atoms with E-state index >= 15 is 0 Å². The highest BCUT2D eigenvalue weighted by molar-refractivity contribution is 5.98. The fourth-order valence-corrected chi connectivity index (χ4v) is 5.38. The number of hydrogen-bond donors (Lipinski definition) is 2. The van der Waals surface area contributed by atoms with E-state index in [0.29, 0.717) is 11.7 Å². The molecule has 1 saturated carbocycles. The quantitative estimate of drug-likeness (QED) is 0.594. The van der Waals surface area contributed by atoms with Gasteiger partial charge in [-0.05, 0) is 87.2 Å². The predicted octanol–water partition coefficient (Wildman–Crippen LogP) is 5.30. The van der Waals surface area contributed by atoms with Gasteiger partial charge in [0.25, 0.3) is 5.91 Å². The number of nitrogens with one attached hydrogen (secondary N) is 2. The number of aryl methyl sites for hydroxylation is 1. The van der Waals surface area contributed by atoms with Crippen molar-refractivity contribution < 1.29 is 4.79 Å². The second-order valence-electron chi connectivity index (χ2n) is 9.40. The van der Waals surface area contributed by atoms with E-state index in [1.165, 1.54) is 56.3 Å². The third-order valence-electron chi connectivity index (χ3n) is 7.24. The fraction of sp³-hybridized carbons (Fsp3) is 0.444. The minimum absolute atomic E-state index is 0.0304. The second kappa shape index (κ2) is 9.27. The molecule has 4 nitrogen and oxygen atoms in total. The number of H-pyrrole nitrogens is 1. The molecule has 0 atom stereocenters. The molecule has 0 radical (unpaired) electrons. The summed E-state index contributed by atoms with van der Waals surface area (Å²) in [5.41, 5.74) is 4.75. The first-order valence-electron chi connectivity index (χ1n) is 11.9. The highest BCUT2D eigenvalue weighted by atomic mass is 16.1. The van der Waals surface area contributed by atoms with Crippen molar-refractivity contribution in [3.8, 4) is 0 Å². The summed E-state index contributed by atoms with van der Waals surface area (Å²) in [5.74, 6) is 0.822. The molecule has 1 amide bonds. The minimum Gasteiger partial charge on any atom is -0.351 e. The molecule has 3 aromatic rings. The first kappa shape index (κ1) is 20.3. The second-order valence-corrected chi connectivity index (χ2v) is 9.40.